The number of fused-ring (bicyclic) bond motifs is 1. The quantitative estimate of drug-likeness (QED) is 0.780. The molecule has 2 atom stereocenters. The van der Waals surface area contributed by atoms with Gasteiger partial charge in [-0.1, -0.05) is 28.9 Å². The van der Waals surface area contributed by atoms with E-state index in [2.05, 4.69) is 28.9 Å². The number of halogens is 1. The van der Waals surface area contributed by atoms with Crippen molar-refractivity contribution in [2.75, 3.05) is 0 Å². The van der Waals surface area contributed by atoms with Crippen LogP contribution in [-0.4, -0.2) is 10.4 Å². The van der Waals surface area contributed by atoms with E-state index in [0.29, 0.717) is 5.25 Å². The van der Waals surface area contributed by atoms with E-state index in [1.165, 1.54) is 5.56 Å². The van der Waals surface area contributed by atoms with Gasteiger partial charge in [-0.05, 0) is 29.7 Å². The Kier molecular flexibility index (Phi) is 3.20. The van der Waals surface area contributed by atoms with Gasteiger partial charge in [0.15, 0.2) is 0 Å². The molecular formula is C11H13BrOS. The highest BCUT2D eigenvalue weighted by Crippen LogP contribution is 2.35. The Bertz CT molecular complexity index is 340. The zero-order valence-electron chi connectivity index (χ0n) is 8.03. The number of hydrogen-bond donors (Lipinski definition) is 1. The van der Waals surface area contributed by atoms with E-state index in [1.54, 1.807) is 0 Å². The molecule has 14 heavy (non-hydrogen) atoms. The van der Waals surface area contributed by atoms with Crippen LogP contribution in [0.3, 0.4) is 0 Å². The number of rotatable bonds is 0. The lowest BCUT2D eigenvalue weighted by Crippen LogP contribution is -2.03. The lowest BCUT2D eigenvalue weighted by Gasteiger charge is -2.12. The van der Waals surface area contributed by atoms with Gasteiger partial charge in [0.05, 0.1) is 6.10 Å². The van der Waals surface area contributed by atoms with Gasteiger partial charge < -0.3 is 5.11 Å². The summed E-state index contributed by atoms with van der Waals surface area (Å²) >= 11 is 5.36. The molecule has 0 aliphatic carbocycles. The van der Waals surface area contributed by atoms with E-state index in [9.17, 15) is 5.11 Å². The van der Waals surface area contributed by atoms with E-state index >= 15 is 0 Å². The van der Waals surface area contributed by atoms with E-state index < -0.39 is 0 Å². The second-order valence-corrected chi connectivity index (χ2v) is 6.06. The number of thioether (sulfide) groups is 1. The van der Waals surface area contributed by atoms with E-state index in [4.69, 9.17) is 0 Å². The van der Waals surface area contributed by atoms with Crippen LogP contribution in [0.2, 0.25) is 0 Å². The number of aliphatic hydroxyl groups is 1. The van der Waals surface area contributed by atoms with Crippen molar-refractivity contribution >= 4 is 27.7 Å². The maximum absolute atomic E-state index is 10.0. The summed E-state index contributed by atoms with van der Waals surface area (Å²) in [6, 6.07) is 6.19. The van der Waals surface area contributed by atoms with Crippen LogP contribution in [0.25, 0.3) is 0 Å². The molecule has 2 rings (SSSR count). The molecule has 0 bridgehead atoms. The Morgan fingerprint density at radius 3 is 3.07 bits per heavy atom. The Hall–Kier alpha value is 0.01000. The zero-order chi connectivity index (χ0) is 10.1. The molecule has 0 aromatic heterocycles. The van der Waals surface area contributed by atoms with Crippen LogP contribution < -0.4 is 0 Å². The summed E-state index contributed by atoms with van der Waals surface area (Å²) in [4.78, 5) is 0. The van der Waals surface area contributed by atoms with Gasteiger partial charge >= 0.3 is 0 Å². The van der Waals surface area contributed by atoms with Crippen LogP contribution in [0.4, 0.5) is 0 Å². The molecular weight excluding hydrogens is 260 g/mol. The molecule has 1 aliphatic heterocycles. The molecule has 1 heterocycles. The summed E-state index contributed by atoms with van der Waals surface area (Å²) in [5.41, 5.74) is 2.37. The minimum absolute atomic E-state index is 0.299. The molecule has 1 aromatic carbocycles. The maximum Gasteiger partial charge on any atom is 0.0803 e. The van der Waals surface area contributed by atoms with E-state index in [1.807, 2.05) is 23.9 Å². The second-order valence-electron chi connectivity index (χ2n) is 3.72. The third-order valence-corrected chi connectivity index (χ3v) is 4.28. The number of benzene rings is 1. The van der Waals surface area contributed by atoms with Crippen LogP contribution in [0.1, 0.15) is 30.6 Å². The highest BCUT2D eigenvalue weighted by atomic mass is 79.9. The van der Waals surface area contributed by atoms with Gasteiger partial charge in [-0.15, -0.1) is 0 Å². The molecule has 1 aromatic rings. The molecule has 0 radical (unpaired) electrons. The first-order valence-corrected chi connectivity index (χ1v) is 6.59. The number of hydrogen-bond acceptors (Lipinski definition) is 2. The molecule has 76 valence electrons. The molecule has 1 aliphatic rings. The molecule has 0 amide bonds. The third-order valence-electron chi connectivity index (χ3n) is 2.55. The monoisotopic (exact) mass is 272 g/mol. The molecule has 3 heteroatoms. The molecule has 0 saturated carbocycles. The van der Waals surface area contributed by atoms with Crippen LogP contribution in [0.15, 0.2) is 22.7 Å². The van der Waals surface area contributed by atoms with Crippen LogP contribution >= 0.6 is 27.7 Å². The average molecular weight is 273 g/mol. The lowest BCUT2D eigenvalue weighted by atomic mass is 10.0. The lowest BCUT2D eigenvalue weighted by molar-refractivity contribution is 0.168. The van der Waals surface area contributed by atoms with Crippen LogP contribution in [-0.2, 0) is 5.75 Å². The smallest absolute Gasteiger partial charge is 0.0803 e. The second kappa shape index (κ2) is 4.25. The summed E-state index contributed by atoms with van der Waals surface area (Å²) in [6.07, 6.45) is 0.557. The van der Waals surface area contributed by atoms with E-state index in [-0.39, 0.29) is 6.10 Å². The van der Waals surface area contributed by atoms with Crippen molar-refractivity contribution in [3.05, 3.63) is 33.8 Å². The highest BCUT2D eigenvalue weighted by Gasteiger charge is 2.20. The SMILES string of the molecule is CC1C[C@@H](O)c2cc(Br)ccc2CS1. The van der Waals surface area contributed by atoms with Crippen molar-refractivity contribution in [1.82, 2.24) is 0 Å². The summed E-state index contributed by atoms with van der Waals surface area (Å²) in [5.74, 6) is 1.01. The van der Waals surface area contributed by atoms with Gasteiger partial charge in [-0.2, -0.15) is 11.8 Å². The van der Waals surface area contributed by atoms with Crippen LogP contribution in [0.5, 0.6) is 0 Å². The Balaban J connectivity index is 2.39. The van der Waals surface area contributed by atoms with Crippen molar-refractivity contribution in [2.24, 2.45) is 0 Å². The fourth-order valence-corrected chi connectivity index (χ4v) is 3.17. The topological polar surface area (TPSA) is 20.2 Å². The minimum atomic E-state index is -0.299. The molecule has 1 unspecified atom stereocenters. The normalized spacial score (nSPS) is 26.8. The average Bonchev–Trinajstić information content (AvgIpc) is 2.27. The van der Waals surface area contributed by atoms with Gasteiger partial charge in [0.25, 0.3) is 0 Å². The Morgan fingerprint density at radius 1 is 1.50 bits per heavy atom. The largest absolute Gasteiger partial charge is 0.388 e. The molecule has 0 spiro atoms. The first kappa shape index (κ1) is 10.5. The first-order valence-electron chi connectivity index (χ1n) is 4.75. The predicted molar refractivity (Wildman–Crippen MR) is 64.5 cm³/mol. The third kappa shape index (κ3) is 2.15. The van der Waals surface area contributed by atoms with Gasteiger partial charge in [0, 0.05) is 15.5 Å². The first-order chi connectivity index (χ1) is 6.66. The Morgan fingerprint density at radius 2 is 2.29 bits per heavy atom. The molecule has 1 nitrogen and oxygen atoms in total. The highest BCUT2D eigenvalue weighted by molar-refractivity contribution is 9.10. The Labute approximate surface area is 97.0 Å². The van der Waals surface area contributed by atoms with Crippen molar-refractivity contribution in [1.29, 1.82) is 0 Å². The summed E-state index contributed by atoms with van der Waals surface area (Å²) in [5, 5.41) is 10.5. The minimum Gasteiger partial charge on any atom is -0.388 e. The van der Waals surface area contributed by atoms with Crippen molar-refractivity contribution in [3.63, 3.8) is 0 Å². The fraction of sp³-hybridized carbons (Fsp3) is 0.455. The summed E-state index contributed by atoms with van der Waals surface area (Å²) < 4.78 is 1.05. The van der Waals surface area contributed by atoms with Gasteiger partial charge in [-0.3, -0.25) is 0 Å². The standard InChI is InChI=1S/C11H13BrOS/c1-7-4-11(13)10-5-9(12)3-2-8(10)6-14-7/h2-3,5,7,11,13H,4,6H2,1H3/t7?,11-/m1/s1. The fourth-order valence-electron chi connectivity index (χ4n) is 1.75. The molecule has 0 saturated heterocycles. The predicted octanol–water partition coefficient (Wildman–Crippen LogP) is 3.51. The molecule has 0 fully saturated rings. The van der Waals surface area contributed by atoms with E-state index in [0.717, 1.165) is 22.2 Å². The van der Waals surface area contributed by atoms with Crippen LogP contribution in [0, 0.1) is 0 Å². The van der Waals surface area contributed by atoms with Crippen molar-refractivity contribution in [2.45, 2.75) is 30.5 Å². The molecule has 1 N–H and O–H groups in total. The summed E-state index contributed by atoms with van der Waals surface area (Å²) in [7, 11) is 0. The maximum atomic E-state index is 10.0. The number of aliphatic hydroxyl groups excluding tert-OH is 1. The van der Waals surface area contributed by atoms with Gasteiger partial charge in [0.1, 0.15) is 0 Å². The van der Waals surface area contributed by atoms with Crippen molar-refractivity contribution in [3.8, 4) is 0 Å². The van der Waals surface area contributed by atoms with Gasteiger partial charge in [0.2, 0.25) is 0 Å². The zero-order valence-corrected chi connectivity index (χ0v) is 10.4. The van der Waals surface area contributed by atoms with Crippen molar-refractivity contribution < 1.29 is 5.11 Å². The van der Waals surface area contributed by atoms with Gasteiger partial charge in [-0.25, -0.2) is 0 Å². The summed E-state index contributed by atoms with van der Waals surface area (Å²) in [6.45, 7) is 2.18.